The Morgan fingerprint density at radius 2 is 2.05 bits per heavy atom. The minimum Gasteiger partial charge on any atom is -0.478 e. The molecule has 2 rings (SSSR count). The maximum Gasteiger partial charge on any atom is 0.338 e. The van der Waals surface area contributed by atoms with Gasteiger partial charge >= 0.3 is 5.97 Å². The van der Waals surface area contributed by atoms with E-state index in [1.54, 1.807) is 0 Å². The van der Waals surface area contributed by atoms with E-state index >= 15 is 0 Å². The Hall–Kier alpha value is -2.45. The van der Waals surface area contributed by atoms with E-state index in [0.717, 1.165) is 17.4 Å². The number of nitro benzene ring substituents is 1. The molecule has 1 heterocycles. The molecule has 0 aliphatic heterocycles. The van der Waals surface area contributed by atoms with Crippen LogP contribution in [-0.4, -0.2) is 21.9 Å². The van der Waals surface area contributed by atoms with Crippen molar-refractivity contribution in [2.45, 2.75) is 0 Å². The fourth-order valence-electron chi connectivity index (χ4n) is 1.54. The molecule has 0 saturated heterocycles. The Labute approximate surface area is 126 Å². The van der Waals surface area contributed by atoms with E-state index < -0.39 is 22.5 Å². The van der Waals surface area contributed by atoms with Crippen LogP contribution in [0.25, 0.3) is 0 Å². The number of rotatable bonds is 4. The van der Waals surface area contributed by atoms with Crippen LogP contribution in [0.4, 0.5) is 10.7 Å². The minimum absolute atomic E-state index is 0.0100. The van der Waals surface area contributed by atoms with Crippen molar-refractivity contribution >= 4 is 45.5 Å². The van der Waals surface area contributed by atoms with Gasteiger partial charge in [0.1, 0.15) is 10.0 Å². The largest absolute Gasteiger partial charge is 0.478 e. The van der Waals surface area contributed by atoms with E-state index in [0.29, 0.717) is 0 Å². The standard InChI is InChI=1S/C12H7ClN2O5S/c13-8-2-1-6(5-9(8)15(19)20)10(16)14-11-7(12(17)18)3-4-21-11/h1-5H,(H,14,16)(H,17,18). The molecule has 0 atom stereocenters. The van der Waals surface area contributed by atoms with E-state index in [1.807, 2.05) is 0 Å². The lowest BCUT2D eigenvalue weighted by Gasteiger charge is -2.04. The third kappa shape index (κ3) is 3.18. The lowest BCUT2D eigenvalue weighted by atomic mass is 10.2. The monoisotopic (exact) mass is 326 g/mol. The Bertz CT molecular complexity index is 743. The first kappa shape index (κ1) is 14.9. The number of carboxylic acids is 1. The van der Waals surface area contributed by atoms with Crippen LogP contribution in [0.2, 0.25) is 5.02 Å². The zero-order valence-corrected chi connectivity index (χ0v) is 11.8. The van der Waals surface area contributed by atoms with Gasteiger partial charge < -0.3 is 10.4 Å². The number of halogens is 1. The number of aromatic carboxylic acids is 1. The van der Waals surface area contributed by atoms with Crippen LogP contribution in [0, 0.1) is 10.1 Å². The van der Waals surface area contributed by atoms with Crippen molar-refractivity contribution < 1.29 is 19.6 Å². The molecule has 0 fully saturated rings. The SMILES string of the molecule is O=C(Nc1sccc1C(=O)O)c1ccc(Cl)c([N+](=O)[O-])c1. The molecule has 108 valence electrons. The molecule has 0 radical (unpaired) electrons. The number of nitrogens with zero attached hydrogens (tertiary/aromatic N) is 1. The van der Waals surface area contributed by atoms with Gasteiger partial charge in [-0.1, -0.05) is 11.6 Å². The molecule has 0 aliphatic rings. The second kappa shape index (κ2) is 5.90. The van der Waals surface area contributed by atoms with Crippen LogP contribution < -0.4 is 5.32 Å². The molecule has 0 aliphatic carbocycles. The summed E-state index contributed by atoms with van der Waals surface area (Å²) in [7, 11) is 0. The van der Waals surface area contributed by atoms with Gasteiger partial charge in [-0.2, -0.15) is 0 Å². The van der Waals surface area contributed by atoms with Gasteiger partial charge in [0.2, 0.25) is 0 Å². The van der Waals surface area contributed by atoms with Crippen molar-refractivity contribution in [1.82, 2.24) is 0 Å². The van der Waals surface area contributed by atoms with Crippen LogP contribution in [0.3, 0.4) is 0 Å². The number of nitrogens with one attached hydrogen (secondary N) is 1. The maximum absolute atomic E-state index is 12.0. The van der Waals surface area contributed by atoms with Crippen molar-refractivity contribution in [3.05, 3.63) is 55.9 Å². The zero-order chi connectivity index (χ0) is 15.6. The van der Waals surface area contributed by atoms with Crippen LogP contribution >= 0.6 is 22.9 Å². The van der Waals surface area contributed by atoms with Gasteiger partial charge in [-0.15, -0.1) is 11.3 Å². The van der Waals surface area contributed by atoms with Gasteiger partial charge in [0.15, 0.2) is 0 Å². The highest BCUT2D eigenvalue weighted by atomic mass is 35.5. The first-order chi connectivity index (χ1) is 9.90. The second-order valence-corrected chi connectivity index (χ2v) is 5.17. The highest BCUT2D eigenvalue weighted by Crippen LogP contribution is 2.27. The quantitative estimate of drug-likeness (QED) is 0.662. The number of amides is 1. The summed E-state index contributed by atoms with van der Waals surface area (Å²) in [5.41, 5.74) is -0.429. The lowest BCUT2D eigenvalue weighted by molar-refractivity contribution is -0.384. The first-order valence-electron chi connectivity index (χ1n) is 5.46. The fraction of sp³-hybridized carbons (Fsp3) is 0. The van der Waals surface area contributed by atoms with E-state index in [-0.39, 0.29) is 21.2 Å². The van der Waals surface area contributed by atoms with E-state index in [1.165, 1.54) is 23.6 Å². The van der Waals surface area contributed by atoms with Crippen molar-refractivity contribution in [3.63, 3.8) is 0 Å². The molecule has 2 aromatic rings. The highest BCUT2D eigenvalue weighted by molar-refractivity contribution is 7.14. The number of carboxylic acid groups (broad SMARTS) is 1. The molecule has 0 unspecified atom stereocenters. The van der Waals surface area contributed by atoms with Crippen molar-refractivity contribution in [3.8, 4) is 0 Å². The summed E-state index contributed by atoms with van der Waals surface area (Å²) in [5, 5.41) is 23.7. The average molecular weight is 327 g/mol. The lowest BCUT2D eigenvalue weighted by Crippen LogP contribution is -2.13. The Morgan fingerprint density at radius 3 is 2.67 bits per heavy atom. The molecule has 1 amide bonds. The van der Waals surface area contributed by atoms with Gasteiger partial charge in [0, 0.05) is 11.6 Å². The molecule has 0 spiro atoms. The van der Waals surface area contributed by atoms with E-state index in [4.69, 9.17) is 16.7 Å². The maximum atomic E-state index is 12.0. The number of carbonyl (C=O) groups is 2. The molecular weight excluding hydrogens is 320 g/mol. The third-order valence-electron chi connectivity index (χ3n) is 2.53. The number of hydrogen-bond donors (Lipinski definition) is 2. The summed E-state index contributed by atoms with van der Waals surface area (Å²) in [6.07, 6.45) is 0. The number of carbonyl (C=O) groups excluding carboxylic acids is 1. The molecule has 2 N–H and O–H groups in total. The Balaban J connectivity index is 2.29. The molecule has 1 aromatic heterocycles. The summed E-state index contributed by atoms with van der Waals surface area (Å²) in [5.74, 6) is -1.83. The number of hydrogen-bond acceptors (Lipinski definition) is 5. The average Bonchev–Trinajstić information content (AvgIpc) is 2.87. The molecule has 1 aromatic carbocycles. The second-order valence-electron chi connectivity index (χ2n) is 3.85. The van der Waals surface area contributed by atoms with Crippen molar-refractivity contribution in [2.24, 2.45) is 0 Å². The van der Waals surface area contributed by atoms with Gasteiger partial charge in [-0.25, -0.2) is 4.79 Å². The third-order valence-corrected chi connectivity index (χ3v) is 3.68. The van der Waals surface area contributed by atoms with Crippen molar-refractivity contribution in [1.29, 1.82) is 0 Å². The first-order valence-corrected chi connectivity index (χ1v) is 6.72. The molecule has 0 saturated carbocycles. The van der Waals surface area contributed by atoms with Gasteiger partial charge in [0.05, 0.1) is 10.5 Å². The number of benzene rings is 1. The van der Waals surface area contributed by atoms with Gasteiger partial charge in [-0.05, 0) is 23.6 Å². The van der Waals surface area contributed by atoms with E-state index in [2.05, 4.69) is 5.32 Å². The number of anilines is 1. The highest BCUT2D eigenvalue weighted by Gasteiger charge is 2.18. The van der Waals surface area contributed by atoms with E-state index in [9.17, 15) is 19.7 Å². The summed E-state index contributed by atoms with van der Waals surface area (Å²) < 4.78 is 0. The summed E-state index contributed by atoms with van der Waals surface area (Å²) in [6.45, 7) is 0. The topological polar surface area (TPSA) is 110 Å². The predicted molar refractivity (Wildman–Crippen MR) is 77.3 cm³/mol. The number of thiophene rings is 1. The molecule has 7 nitrogen and oxygen atoms in total. The Morgan fingerprint density at radius 1 is 1.33 bits per heavy atom. The van der Waals surface area contributed by atoms with Crippen LogP contribution in [-0.2, 0) is 0 Å². The normalized spacial score (nSPS) is 10.1. The molecule has 21 heavy (non-hydrogen) atoms. The molecular formula is C12H7ClN2O5S. The van der Waals surface area contributed by atoms with Crippen LogP contribution in [0.1, 0.15) is 20.7 Å². The van der Waals surface area contributed by atoms with Crippen molar-refractivity contribution in [2.75, 3.05) is 5.32 Å². The predicted octanol–water partition coefficient (Wildman–Crippen LogP) is 3.26. The number of nitro groups is 1. The van der Waals surface area contributed by atoms with Gasteiger partial charge in [-0.3, -0.25) is 14.9 Å². The molecule has 0 bridgehead atoms. The smallest absolute Gasteiger partial charge is 0.338 e. The summed E-state index contributed by atoms with van der Waals surface area (Å²) in [6, 6.07) is 4.94. The Kier molecular flexibility index (Phi) is 4.20. The van der Waals surface area contributed by atoms with Gasteiger partial charge in [0.25, 0.3) is 11.6 Å². The van der Waals surface area contributed by atoms with Crippen LogP contribution in [0.5, 0.6) is 0 Å². The zero-order valence-electron chi connectivity index (χ0n) is 10.2. The summed E-state index contributed by atoms with van der Waals surface area (Å²) >= 11 is 6.70. The molecule has 9 heteroatoms. The fourth-order valence-corrected chi connectivity index (χ4v) is 2.50. The minimum atomic E-state index is -1.17. The summed E-state index contributed by atoms with van der Waals surface area (Å²) in [4.78, 5) is 33.0. The van der Waals surface area contributed by atoms with Crippen LogP contribution in [0.15, 0.2) is 29.6 Å².